The second kappa shape index (κ2) is 9.20. The van der Waals surface area contributed by atoms with Gasteiger partial charge in [-0.05, 0) is 36.6 Å². The minimum absolute atomic E-state index is 0.157. The fourth-order valence-electron chi connectivity index (χ4n) is 3.96. The van der Waals surface area contributed by atoms with Gasteiger partial charge in [0.15, 0.2) is 5.75 Å². The van der Waals surface area contributed by atoms with E-state index in [4.69, 9.17) is 14.2 Å². The largest absolute Gasteiger partial charge is 0.488 e. The summed E-state index contributed by atoms with van der Waals surface area (Å²) in [5, 5.41) is 3.51. The molecular weight excluding hydrogens is 340 g/mol. The van der Waals surface area contributed by atoms with E-state index in [9.17, 15) is 0 Å². The van der Waals surface area contributed by atoms with Gasteiger partial charge in [-0.3, -0.25) is 0 Å². The summed E-state index contributed by atoms with van der Waals surface area (Å²) in [6.07, 6.45) is 4.86. The number of rotatable bonds is 6. The number of hydrogen-bond donors (Lipinski definition) is 1. The molecule has 1 aromatic carbocycles. The van der Waals surface area contributed by atoms with E-state index < -0.39 is 0 Å². The normalized spacial score (nSPS) is 23.7. The third-order valence-corrected chi connectivity index (χ3v) is 5.47. The van der Waals surface area contributed by atoms with Crippen LogP contribution >= 0.6 is 0 Å². The fourth-order valence-corrected chi connectivity index (χ4v) is 3.96. The van der Waals surface area contributed by atoms with Crippen LogP contribution in [0, 0.1) is 5.92 Å². The summed E-state index contributed by atoms with van der Waals surface area (Å²) in [4.78, 5) is 4.41. The zero-order valence-corrected chi connectivity index (χ0v) is 15.7. The molecule has 2 aromatic rings. The number of pyridine rings is 1. The van der Waals surface area contributed by atoms with Crippen molar-refractivity contribution in [3.05, 3.63) is 54.2 Å². The van der Waals surface area contributed by atoms with Crippen LogP contribution in [0.5, 0.6) is 11.6 Å². The molecule has 4 rings (SSSR count). The van der Waals surface area contributed by atoms with Crippen molar-refractivity contribution in [2.75, 3.05) is 32.9 Å². The predicted octanol–water partition coefficient (Wildman–Crippen LogP) is 3.41. The highest BCUT2D eigenvalue weighted by molar-refractivity contribution is 5.33. The maximum Gasteiger partial charge on any atom is 0.257 e. The second-order valence-corrected chi connectivity index (χ2v) is 7.32. The monoisotopic (exact) mass is 368 g/mol. The Morgan fingerprint density at radius 2 is 1.89 bits per heavy atom. The maximum atomic E-state index is 6.21. The molecule has 0 aliphatic carbocycles. The van der Waals surface area contributed by atoms with Crippen molar-refractivity contribution in [2.45, 2.75) is 31.3 Å². The smallest absolute Gasteiger partial charge is 0.257 e. The Bertz CT molecular complexity index is 704. The van der Waals surface area contributed by atoms with Crippen molar-refractivity contribution in [1.29, 1.82) is 0 Å². The van der Waals surface area contributed by atoms with Crippen LogP contribution in [0.1, 0.15) is 30.7 Å². The lowest BCUT2D eigenvalue weighted by Crippen LogP contribution is -2.38. The van der Waals surface area contributed by atoms with Crippen LogP contribution in [-0.2, 0) is 4.74 Å². The van der Waals surface area contributed by atoms with Crippen LogP contribution in [-0.4, -0.2) is 44.0 Å². The number of ether oxygens (including phenoxy) is 3. The second-order valence-electron chi connectivity index (χ2n) is 7.32. The molecule has 0 radical (unpaired) electrons. The Balaban J connectivity index is 1.41. The first kappa shape index (κ1) is 18.3. The van der Waals surface area contributed by atoms with Crippen molar-refractivity contribution in [3.63, 3.8) is 0 Å². The van der Waals surface area contributed by atoms with Gasteiger partial charge in [-0.2, -0.15) is 0 Å². The average molecular weight is 368 g/mol. The summed E-state index contributed by atoms with van der Waals surface area (Å²) in [5.74, 6) is 2.28. The first-order chi connectivity index (χ1) is 13.4. The highest BCUT2D eigenvalue weighted by atomic mass is 16.5. The highest BCUT2D eigenvalue weighted by Gasteiger charge is 2.27. The molecule has 2 saturated heterocycles. The van der Waals surface area contributed by atoms with Gasteiger partial charge in [0.2, 0.25) is 0 Å². The summed E-state index contributed by atoms with van der Waals surface area (Å²) < 4.78 is 17.7. The van der Waals surface area contributed by atoms with E-state index in [1.165, 1.54) is 5.56 Å². The van der Waals surface area contributed by atoms with Gasteiger partial charge in [0.05, 0.1) is 19.8 Å². The molecule has 0 saturated carbocycles. The average Bonchev–Trinajstić information content (AvgIpc) is 2.75. The summed E-state index contributed by atoms with van der Waals surface area (Å²) in [7, 11) is 0. The summed E-state index contributed by atoms with van der Waals surface area (Å²) in [6, 6.07) is 14.6. The van der Waals surface area contributed by atoms with Gasteiger partial charge < -0.3 is 19.5 Å². The van der Waals surface area contributed by atoms with Crippen molar-refractivity contribution in [3.8, 4) is 11.6 Å². The Morgan fingerprint density at radius 1 is 1.04 bits per heavy atom. The van der Waals surface area contributed by atoms with Gasteiger partial charge in [0.1, 0.15) is 6.10 Å². The van der Waals surface area contributed by atoms with Crippen LogP contribution in [0.4, 0.5) is 0 Å². The lowest BCUT2D eigenvalue weighted by molar-refractivity contribution is 0.0220. The molecule has 144 valence electrons. The standard InChI is InChI=1S/C22H28N2O3/c1-2-5-17(6-3-1)20-8-12-23-15-18(20)16-26-21-7-4-11-24-22(21)27-19-9-13-25-14-10-19/h1-7,11,18-20,23H,8-10,12-16H2/t18-,20?/m0/s1. The zero-order valence-electron chi connectivity index (χ0n) is 15.7. The Morgan fingerprint density at radius 3 is 2.74 bits per heavy atom. The first-order valence-electron chi connectivity index (χ1n) is 9.98. The lowest BCUT2D eigenvalue weighted by Gasteiger charge is -2.32. The van der Waals surface area contributed by atoms with E-state index in [1.54, 1.807) is 6.20 Å². The van der Waals surface area contributed by atoms with Gasteiger partial charge in [0, 0.05) is 31.5 Å². The predicted molar refractivity (Wildman–Crippen MR) is 104 cm³/mol. The Hall–Kier alpha value is -2.11. The van der Waals surface area contributed by atoms with Crippen molar-refractivity contribution < 1.29 is 14.2 Å². The van der Waals surface area contributed by atoms with Crippen LogP contribution < -0.4 is 14.8 Å². The van der Waals surface area contributed by atoms with Gasteiger partial charge >= 0.3 is 0 Å². The molecule has 2 aliphatic heterocycles. The van der Waals surface area contributed by atoms with Crippen molar-refractivity contribution >= 4 is 0 Å². The molecular formula is C22H28N2O3. The summed E-state index contributed by atoms with van der Waals surface area (Å²) in [5.41, 5.74) is 1.40. The van der Waals surface area contributed by atoms with Crippen LogP contribution in [0.2, 0.25) is 0 Å². The van der Waals surface area contributed by atoms with E-state index in [0.717, 1.165) is 51.3 Å². The molecule has 2 aliphatic rings. The van der Waals surface area contributed by atoms with Gasteiger partial charge in [-0.15, -0.1) is 0 Å². The number of benzene rings is 1. The molecule has 2 atom stereocenters. The molecule has 27 heavy (non-hydrogen) atoms. The third-order valence-electron chi connectivity index (χ3n) is 5.47. The first-order valence-corrected chi connectivity index (χ1v) is 9.98. The summed E-state index contributed by atoms with van der Waals surface area (Å²) >= 11 is 0. The molecule has 5 nitrogen and oxygen atoms in total. The highest BCUT2D eigenvalue weighted by Crippen LogP contribution is 2.32. The molecule has 1 unspecified atom stereocenters. The maximum absolute atomic E-state index is 6.21. The van der Waals surface area contributed by atoms with E-state index in [1.807, 2.05) is 12.1 Å². The van der Waals surface area contributed by atoms with Crippen molar-refractivity contribution in [1.82, 2.24) is 10.3 Å². The minimum atomic E-state index is 0.157. The third kappa shape index (κ3) is 4.79. The van der Waals surface area contributed by atoms with Crippen LogP contribution in [0.3, 0.4) is 0 Å². The number of hydrogen-bond acceptors (Lipinski definition) is 5. The molecule has 1 aromatic heterocycles. The van der Waals surface area contributed by atoms with Crippen molar-refractivity contribution in [2.24, 2.45) is 5.92 Å². The zero-order chi connectivity index (χ0) is 18.3. The van der Waals surface area contributed by atoms with Gasteiger partial charge in [0.25, 0.3) is 5.88 Å². The SMILES string of the molecule is c1ccc(C2CCNC[C@H]2COc2cccnc2OC2CCOCC2)cc1. The summed E-state index contributed by atoms with van der Waals surface area (Å²) in [6.45, 7) is 4.18. The minimum Gasteiger partial charge on any atom is -0.488 e. The van der Waals surface area contributed by atoms with Gasteiger partial charge in [-0.25, -0.2) is 4.98 Å². The van der Waals surface area contributed by atoms with E-state index in [2.05, 4.69) is 40.6 Å². The molecule has 3 heterocycles. The molecule has 1 N–H and O–H groups in total. The Kier molecular flexibility index (Phi) is 6.22. The van der Waals surface area contributed by atoms with Crippen LogP contribution in [0.25, 0.3) is 0 Å². The number of nitrogens with zero attached hydrogens (tertiary/aromatic N) is 1. The van der Waals surface area contributed by atoms with E-state index >= 15 is 0 Å². The number of piperidine rings is 1. The number of aromatic nitrogens is 1. The van der Waals surface area contributed by atoms with E-state index in [-0.39, 0.29) is 6.10 Å². The Labute approximate surface area is 161 Å². The lowest BCUT2D eigenvalue weighted by atomic mass is 9.81. The number of nitrogens with one attached hydrogen (secondary N) is 1. The topological polar surface area (TPSA) is 52.6 Å². The van der Waals surface area contributed by atoms with Gasteiger partial charge in [-0.1, -0.05) is 30.3 Å². The molecule has 0 spiro atoms. The molecule has 0 amide bonds. The quantitative estimate of drug-likeness (QED) is 0.847. The van der Waals surface area contributed by atoms with Crippen LogP contribution in [0.15, 0.2) is 48.7 Å². The fraction of sp³-hybridized carbons (Fsp3) is 0.500. The molecule has 0 bridgehead atoms. The molecule has 5 heteroatoms. The molecule has 2 fully saturated rings. The van der Waals surface area contributed by atoms with E-state index in [0.29, 0.717) is 24.3 Å².